The zero-order valence-electron chi connectivity index (χ0n) is 94.0. The first-order chi connectivity index (χ1) is 68.1. The molecule has 148 heavy (non-hydrogen) atoms. The second-order valence-electron chi connectivity index (χ2n) is 45.6. The first-order valence-electron chi connectivity index (χ1n) is 51.8. The number of methoxy groups -OCH3 is 3. The fourth-order valence-corrected chi connectivity index (χ4v) is 29.8. The Bertz CT molecular complexity index is 5040. The molecule has 0 aromatic heterocycles. The van der Waals surface area contributed by atoms with Gasteiger partial charge in [0, 0.05) is 131 Å². The topological polar surface area (TPSA) is 414 Å². The number of azide groups is 3. The van der Waals surface area contributed by atoms with Crippen LogP contribution in [0, 0.1) is 53.3 Å². The minimum absolute atomic E-state index is 0. The maximum Gasteiger partial charge on any atom is 0.340 e. The van der Waals surface area contributed by atoms with E-state index in [-0.39, 0.29) is 99.1 Å². The summed E-state index contributed by atoms with van der Waals surface area (Å²) in [6.45, 7) is 51.1. The van der Waals surface area contributed by atoms with E-state index in [2.05, 4.69) is 159 Å². The second-order valence-corrected chi connectivity index (χ2v) is 53.5. The molecule has 0 saturated carbocycles. The van der Waals surface area contributed by atoms with Crippen LogP contribution in [-0.2, 0) is 85.5 Å². The lowest BCUT2D eigenvalue weighted by Crippen LogP contribution is -2.65. The van der Waals surface area contributed by atoms with Gasteiger partial charge in [-0.25, -0.2) is 14.4 Å². The highest BCUT2D eigenvalue weighted by molar-refractivity contribution is 6.99. The molecular weight excluding hydrogens is 1920 g/mol. The quantitative estimate of drug-likeness (QED) is 0.00704. The highest BCUT2D eigenvalue weighted by Gasteiger charge is 2.56. The third kappa shape index (κ3) is 32.7. The Morgan fingerprint density at radius 3 is 0.986 bits per heavy atom. The van der Waals surface area contributed by atoms with Crippen molar-refractivity contribution in [3.63, 3.8) is 0 Å². The number of carbonyl (C=O) groups excluding carboxylic acids is 4. The van der Waals surface area contributed by atoms with Gasteiger partial charge in [-0.1, -0.05) is 254 Å². The number of hydrogen-bond donors (Lipinski definition) is 3. The fraction of sp³-hybridized carbons (Fsp3) is 0.699. The number of carbonyl (C=O) groups is 4. The molecule has 0 radical (unpaired) electrons. The Hall–Kier alpha value is -8.62. The predicted octanol–water partition coefficient (Wildman–Crippen LogP) is 20.2. The molecule has 33 nitrogen and oxygen atoms in total. The van der Waals surface area contributed by atoms with Crippen molar-refractivity contribution >= 4 is 61.6 Å². The number of benzene rings is 4. The van der Waals surface area contributed by atoms with Crippen LogP contribution in [0.4, 0.5) is 0 Å². The molecule has 10 rings (SSSR count). The smallest absolute Gasteiger partial charge is 0.340 e. The third-order valence-corrected chi connectivity index (χ3v) is 40.4. The standard InChI is InChI=1S/C42H64N4O7Si.C33H48O6Si.C26H44N4O7.C10H20N4O.2CH4/c1-28(23-24-40(5,6)54(48,33-19-15-13-16-20-33)34-21-17-14-18-22-34)26-42(9,49-12)37(30(3)36-31(4)38(47)53-41(7,8)52-36)51-39-29(2)35(46(10)11)25-32(50-39)27-44-45-43;1-23(22-33(8,37-9)29(34)24(2)28-25(3)30(35)39-32(6,7)38-28)20-21-31(4,5)40(36,26-16-12-10-13-17-26)27-18-14-11-15-19-27;1-15(14-31)12-26(7,33-10)22(17(3)21-18(4)23(32)37-25(5,6)36-21)35-24-16(2)20(30(8)9)11-19(34-24)13-28-29-27;1-7-8(2)15-9(6-12-13-11)5-10(7)14(3)4;;/h13-22,28-30,32,35,37,39,48H,23-27H2,1-12H3;10-19,23-24,29,34,36H,20-22H2,1-9H3;14-17,19-20,22,24H,11-13H2,1-10H3;7-10H,5-6H2,1-4H3;2*1H4/t28-,29+,30-,32-,35?,37+,39-,42+;23-,24-,29+,33+;15-,16-,17+,19+,20?,22-,24+,26-;7-,8-,9-,10?;;/m0010../s1. The molecule has 0 aliphatic carbocycles. The van der Waals surface area contributed by atoms with Gasteiger partial charge in [0.05, 0.1) is 95.9 Å². The SMILES string of the molecule is C.C.CO[C@](C)(C[C@@H](C)C=O)[C@H](O[C@@H]1O[C@H](CN=[N+]=[N-])CC(N(C)C)[C@H]1C)[C@@H](C)C1=C(C)C(=O)OC(C)(C)O1.CO[C@](C)(C[C@@H](C)CCC(C)(C)[Si](O)(c1ccccc1)c1ccccc1)[C@H](O)[C@@H](C)C1=C(C)C(=O)OC(C)(C)O1.CO[C@](C)(C[C@@H](C)CCC(C)(C)[Si](O)(c1ccccc1)c1ccccc1)[C@H](O[C@@H]1O[C@H](CN=[N+]=[N-])CC(N(C)C)[C@H]1C)[C@@H](C)C1=C(C)C(=O)OC(C)(C)O1.C[C@@H]1O[C@H](CN=[N+]=[N-])CC(N(C)C)[C@H]1C. The molecule has 0 amide bonds. The van der Waals surface area contributed by atoms with E-state index in [1.54, 1.807) is 83.6 Å². The molecule has 3 N–H and O–H groups in total. The number of aldehydes is 1. The summed E-state index contributed by atoms with van der Waals surface area (Å²) in [5.41, 5.74) is 24.7. The number of nitrogens with zero attached hydrogens (tertiary/aromatic N) is 12. The van der Waals surface area contributed by atoms with Crippen LogP contribution in [-0.4, -0.2) is 261 Å². The van der Waals surface area contributed by atoms with Gasteiger partial charge in [0.2, 0.25) is 17.4 Å². The zero-order valence-corrected chi connectivity index (χ0v) is 96.0. The summed E-state index contributed by atoms with van der Waals surface area (Å²) < 4.78 is 85.8. The van der Waals surface area contributed by atoms with E-state index >= 15 is 0 Å². The van der Waals surface area contributed by atoms with Crippen molar-refractivity contribution in [3.8, 4) is 0 Å². The molecule has 24 atom stereocenters. The van der Waals surface area contributed by atoms with Crippen molar-refractivity contribution in [2.75, 3.05) is 83.2 Å². The van der Waals surface area contributed by atoms with Crippen LogP contribution >= 0.6 is 0 Å². The van der Waals surface area contributed by atoms with Crippen molar-refractivity contribution < 1.29 is 100 Å². The van der Waals surface area contributed by atoms with E-state index in [1.165, 1.54) is 0 Å². The van der Waals surface area contributed by atoms with Crippen LogP contribution in [0.3, 0.4) is 0 Å². The van der Waals surface area contributed by atoms with Gasteiger partial charge in [-0.05, 0) is 207 Å². The number of rotatable bonds is 44. The summed E-state index contributed by atoms with van der Waals surface area (Å²) in [5, 5.41) is 25.9. The molecule has 3 fully saturated rings. The molecule has 35 heteroatoms. The average Bonchev–Trinajstić information content (AvgIpc) is 0.747. The summed E-state index contributed by atoms with van der Waals surface area (Å²) in [6, 6.07) is 41.1. The van der Waals surface area contributed by atoms with Gasteiger partial charge in [0.1, 0.15) is 23.6 Å². The molecule has 6 heterocycles. The number of aliphatic hydroxyl groups is 1. The Morgan fingerprint density at radius 1 is 0.439 bits per heavy atom. The minimum atomic E-state index is -3.20. The highest BCUT2D eigenvalue weighted by atomic mass is 28.4. The first kappa shape index (κ1) is 130. The van der Waals surface area contributed by atoms with Gasteiger partial charge < -0.3 is 101 Å². The van der Waals surface area contributed by atoms with Crippen molar-refractivity contribution in [1.82, 2.24) is 14.7 Å². The van der Waals surface area contributed by atoms with Gasteiger partial charge in [-0.15, -0.1) is 0 Å². The Morgan fingerprint density at radius 2 is 0.709 bits per heavy atom. The maximum atomic E-state index is 13.1. The summed E-state index contributed by atoms with van der Waals surface area (Å²) >= 11 is 0. The fourth-order valence-electron chi connectivity index (χ4n) is 22.3. The summed E-state index contributed by atoms with van der Waals surface area (Å²) in [6.07, 6.45) is 4.15. The van der Waals surface area contributed by atoms with E-state index in [9.17, 15) is 33.9 Å². The Balaban J connectivity index is 0.000000367. The van der Waals surface area contributed by atoms with Crippen molar-refractivity contribution in [2.24, 2.45) is 68.6 Å². The first-order valence-corrected chi connectivity index (χ1v) is 55.7. The number of cyclic esters (lactones) is 3. The van der Waals surface area contributed by atoms with Crippen LogP contribution in [0.5, 0.6) is 0 Å². The van der Waals surface area contributed by atoms with Crippen molar-refractivity contribution in [3.05, 3.63) is 187 Å². The van der Waals surface area contributed by atoms with Gasteiger partial charge in [-0.3, -0.25) is 0 Å². The number of aliphatic hydroxyl groups excluding tert-OH is 1. The van der Waals surface area contributed by atoms with E-state index < -0.39 is 122 Å². The zero-order chi connectivity index (χ0) is 110. The molecule has 0 bridgehead atoms. The van der Waals surface area contributed by atoms with Crippen molar-refractivity contribution in [2.45, 2.75) is 377 Å². The summed E-state index contributed by atoms with van der Waals surface area (Å²) in [7, 11) is 10.8. The highest BCUT2D eigenvalue weighted by Crippen LogP contribution is 2.49. The van der Waals surface area contributed by atoms with E-state index in [0.29, 0.717) is 84.6 Å². The lowest BCUT2D eigenvalue weighted by Gasteiger charge is -2.48. The van der Waals surface area contributed by atoms with Gasteiger partial charge in [0.15, 0.2) is 12.6 Å². The van der Waals surface area contributed by atoms with E-state index in [0.717, 1.165) is 59.1 Å². The van der Waals surface area contributed by atoms with Crippen molar-refractivity contribution in [1.29, 1.82) is 0 Å². The molecule has 6 aliphatic heterocycles. The molecule has 3 saturated heterocycles. The Kier molecular flexibility index (Phi) is 48.9. The molecule has 6 aliphatic rings. The van der Waals surface area contributed by atoms with Gasteiger partial charge in [0.25, 0.3) is 16.6 Å². The molecule has 0 spiro atoms. The monoisotopic (exact) mass is 2100 g/mol. The third-order valence-electron chi connectivity index (χ3n) is 31.3. The van der Waals surface area contributed by atoms with Crippen LogP contribution in [0.15, 0.2) is 171 Å². The second kappa shape index (κ2) is 55.8. The Labute approximate surface area is 886 Å². The lowest BCUT2D eigenvalue weighted by molar-refractivity contribution is -0.286. The average molecular weight is 2100 g/mol. The van der Waals surface area contributed by atoms with E-state index in [1.807, 2.05) is 167 Å². The van der Waals surface area contributed by atoms with Gasteiger partial charge in [-0.2, -0.15) is 0 Å². The van der Waals surface area contributed by atoms with Crippen LogP contribution in [0.1, 0.15) is 259 Å². The van der Waals surface area contributed by atoms with Crippen LogP contribution < -0.4 is 20.7 Å². The van der Waals surface area contributed by atoms with Crippen LogP contribution in [0.2, 0.25) is 10.1 Å². The minimum Gasteiger partial charge on any atom is -0.456 e. The van der Waals surface area contributed by atoms with Gasteiger partial charge >= 0.3 is 17.9 Å². The molecule has 4 aromatic carbocycles. The predicted molar refractivity (Wildman–Crippen MR) is 586 cm³/mol. The summed E-state index contributed by atoms with van der Waals surface area (Å²) in [4.78, 5) is 90.2. The number of ether oxygens (including phenoxy) is 14. The number of esters is 3. The number of hydrogen-bond acceptors (Lipinski definition) is 27. The normalized spacial score (nSPS) is 25.5. The molecule has 4 aromatic rings. The molecule has 3 unspecified atom stereocenters. The lowest BCUT2D eigenvalue weighted by atomic mass is 9.79. The summed E-state index contributed by atoms with van der Waals surface area (Å²) in [5.74, 6) is -4.23. The maximum absolute atomic E-state index is 13.1. The molecule has 830 valence electrons. The van der Waals surface area contributed by atoms with Crippen LogP contribution in [0.25, 0.3) is 31.3 Å². The molecular formula is C113H184N12O21Si2. The largest absolute Gasteiger partial charge is 0.456 e. The van der Waals surface area contributed by atoms with E-state index in [4.69, 9.17) is 82.9 Å².